The van der Waals surface area contributed by atoms with Gasteiger partial charge in [0, 0.05) is 11.8 Å². The molecule has 0 unspecified atom stereocenters. The number of ether oxygens (including phenoxy) is 6. The smallest absolute Gasteiger partial charge is 0.310 e. The zero-order valence-corrected chi connectivity index (χ0v) is 19.7. The first-order valence-corrected chi connectivity index (χ1v) is 11.0. The van der Waals surface area contributed by atoms with E-state index in [-0.39, 0.29) is 13.4 Å². The lowest BCUT2D eigenvalue weighted by atomic mass is 9.56. The third-order valence-corrected chi connectivity index (χ3v) is 7.28. The topological polar surface area (TPSA) is 113 Å². The van der Waals surface area contributed by atoms with Crippen LogP contribution in [0.25, 0.3) is 0 Å². The third-order valence-electron chi connectivity index (χ3n) is 7.28. The molecule has 1 aliphatic carbocycles. The van der Waals surface area contributed by atoms with Crippen molar-refractivity contribution in [3.8, 4) is 28.7 Å². The number of rotatable bonds is 5. The van der Waals surface area contributed by atoms with Crippen LogP contribution in [0.15, 0.2) is 24.3 Å². The number of carbonyl (C=O) groups is 1. The van der Waals surface area contributed by atoms with E-state index in [0.29, 0.717) is 45.4 Å². The zero-order chi connectivity index (χ0) is 24.4. The molecule has 2 aromatic carbocycles. The van der Waals surface area contributed by atoms with Crippen LogP contribution in [0.3, 0.4) is 0 Å². The van der Waals surface area contributed by atoms with Crippen molar-refractivity contribution in [1.29, 1.82) is 0 Å². The van der Waals surface area contributed by atoms with Crippen LogP contribution >= 0.6 is 0 Å². The Morgan fingerprint density at radius 2 is 1.59 bits per heavy atom. The molecule has 0 radical (unpaired) electrons. The summed E-state index contributed by atoms with van der Waals surface area (Å²) >= 11 is 0. The van der Waals surface area contributed by atoms with E-state index in [1.165, 1.54) is 35.2 Å². The Bertz CT molecular complexity index is 1130. The zero-order valence-electron chi connectivity index (χ0n) is 19.7. The first-order chi connectivity index (χ1) is 16.1. The van der Waals surface area contributed by atoms with E-state index in [2.05, 4.69) is 0 Å². The molecular weight excluding hydrogens is 444 g/mol. The minimum absolute atomic E-state index is 0.0290. The van der Waals surface area contributed by atoms with Crippen LogP contribution < -0.4 is 23.7 Å². The average molecular weight is 472 g/mol. The maximum atomic E-state index is 13.1. The number of methoxy groups -OCH3 is 3. The Labute approximate surface area is 197 Å². The van der Waals surface area contributed by atoms with E-state index < -0.39 is 34.9 Å². The number of esters is 1. The minimum atomic E-state index is -1.78. The van der Waals surface area contributed by atoms with E-state index in [4.69, 9.17) is 28.4 Å². The monoisotopic (exact) mass is 472 g/mol. The fourth-order valence-electron chi connectivity index (χ4n) is 5.67. The summed E-state index contributed by atoms with van der Waals surface area (Å²) in [7, 11) is 4.56. The molecule has 9 heteroatoms. The second-order valence-electron chi connectivity index (χ2n) is 9.32. The maximum absolute atomic E-state index is 13.1. The van der Waals surface area contributed by atoms with E-state index in [1.54, 1.807) is 24.3 Å². The summed E-state index contributed by atoms with van der Waals surface area (Å²) in [6.45, 7) is 3.07. The minimum Gasteiger partial charge on any atom is -0.493 e. The predicted molar refractivity (Wildman–Crippen MR) is 119 cm³/mol. The maximum Gasteiger partial charge on any atom is 0.310 e. The molecule has 1 fully saturated rings. The van der Waals surface area contributed by atoms with Gasteiger partial charge in [0.05, 0.1) is 39.5 Å². The summed E-state index contributed by atoms with van der Waals surface area (Å²) in [6.07, 6.45) is 0. The molecule has 0 saturated carbocycles. The van der Waals surface area contributed by atoms with Gasteiger partial charge >= 0.3 is 5.97 Å². The van der Waals surface area contributed by atoms with Crippen molar-refractivity contribution in [2.45, 2.75) is 31.0 Å². The molecule has 5 rings (SSSR count). The normalized spacial score (nSPS) is 27.0. The van der Waals surface area contributed by atoms with Gasteiger partial charge in [0.2, 0.25) is 12.5 Å². The highest BCUT2D eigenvalue weighted by Crippen LogP contribution is 2.60. The van der Waals surface area contributed by atoms with E-state index in [9.17, 15) is 15.0 Å². The summed E-state index contributed by atoms with van der Waals surface area (Å²) in [6, 6.07) is 7.04. The highest BCUT2D eigenvalue weighted by molar-refractivity contribution is 5.79. The largest absolute Gasteiger partial charge is 0.493 e. The lowest BCUT2D eigenvalue weighted by molar-refractivity contribution is -0.184. The molecular formula is C25H28O9. The van der Waals surface area contributed by atoms with Gasteiger partial charge in [-0.05, 0) is 54.8 Å². The second-order valence-corrected chi connectivity index (χ2v) is 9.32. The van der Waals surface area contributed by atoms with Crippen LogP contribution in [0.5, 0.6) is 28.7 Å². The summed E-state index contributed by atoms with van der Waals surface area (Å²) in [5.74, 6) is -0.211. The first kappa shape index (κ1) is 22.6. The molecule has 0 aromatic heterocycles. The van der Waals surface area contributed by atoms with E-state index >= 15 is 0 Å². The molecule has 182 valence electrons. The summed E-state index contributed by atoms with van der Waals surface area (Å²) in [4.78, 5) is 13.1. The molecule has 2 N–H and O–H groups in total. The number of fused-ring (bicyclic) bond motifs is 3. The van der Waals surface area contributed by atoms with Crippen molar-refractivity contribution in [1.82, 2.24) is 0 Å². The van der Waals surface area contributed by atoms with Crippen molar-refractivity contribution in [2.75, 3.05) is 34.7 Å². The summed E-state index contributed by atoms with van der Waals surface area (Å²) in [5.41, 5.74) is -1.57. The Morgan fingerprint density at radius 1 is 0.971 bits per heavy atom. The fraction of sp³-hybridized carbons (Fsp3) is 0.480. The highest BCUT2D eigenvalue weighted by atomic mass is 16.7. The van der Waals surface area contributed by atoms with Crippen molar-refractivity contribution in [2.24, 2.45) is 11.8 Å². The molecule has 2 aliphatic heterocycles. The third kappa shape index (κ3) is 2.96. The second kappa shape index (κ2) is 7.68. The Hall–Kier alpha value is -3.17. The number of benzene rings is 2. The van der Waals surface area contributed by atoms with Crippen LogP contribution in [-0.4, -0.2) is 56.5 Å². The number of carbonyl (C=O) groups excluding carboxylic acids is 1. The number of hydrogen-bond acceptors (Lipinski definition) is 9. The van der Waals surface area contributed by atoms with Gasteiger partial charge in [0.25, 0.3) is 0 Å². The standard InChI is InChI=1S/C25H28O9/c1-24(2,27)25(28)14-9-17-16(33-11-34-17)8-13(14)20(21-15(25)10-32-23(21)26)12-6-18(29-3)22(31-5)19(7-12)30-4/h6-9,15,20-21,27-28H,10-11H2,1-5H3/t15-,20+,21-,25+/m0/s1. The first-order valence-electron chi connectivity index (χ1n) is 11.0. The molecule has 34 heavy (non-hydrogen) atoms. The van der Waals surface area contributed by atoms with Gasteiger partial charge < -0.3 is 38.6 Å². The van der Waals surface area contributed by atoms with Crippen LogP contribution in [0.4, 0.5) is 0 Å². The number of aliphatic hydroxyl groups is 2. The van der Waals surface area contributed by atoms with Crippen LogP contribution in [-0.2, 0) is 15.1 Å². The molecule has 0 amide bonds. The highest BCUT2D eigenvalue weighted by Gasteiger charge is 2.63. The lowest BCUT2D eigenvalue weighted by Crippen LogP contribution is -2.58. The van der Waals surface area contributed by atoms with E-state index in [0.717, 1.165) is 0 Å². The predicted octanol–water partition coefficient (Wildman–Crippen LogP) is 2.33. The van der Waals surface area contributed by atoms with Gasteiger partial charge in [-0.2, -0.15) is 0 Å². The van der Waals surface area contributed by atoms with Gasteiger partial charge in [-0.1, -0.05) is 0 Å². The quantitative estimate of drug-likeness (QED) is 0.633. The number of cyclic esters (lactones) is 1. The van der Waals surface area contributed by atoms with Crippen LogP contribution in [0, 0.1) is 11.8 Å². The van der Waals surface area contributed by atoms with E-state index in [1.807, 2.05) is 0 Å². The summed E-state index contributed by atoms with van der Waals surface area (Å²) < 4.78 is 33.2. The summed E-state index contributed by atoms with van der Waals surface area (Å²) in [5, 5.41) is 23.3. The van der Waals surface area contributed by atoms with Gasteiger partial charge in [0.1, 0.15) is 5.60 Å². The molecule has 1 saturated heterocycles. The Balaban J connectivity index is 1.82. The van der Waals surface area contributed by atoms with Gasteiger partial charge in [-0.25, -0.2) is 0 Å². The molecule has 9 nitrogen and oxygen atoms in total. The SMILES string of the molecule is COc1cc([C@@H]2c3cc4c(cc3[C@](O)(C(C)(C)O)[C@H]3COC(=O)[C@H]23)OCO4)cc(OC)c1OC. The fourth-order valence-corrected chi connectivity index (χ4v) is 5.67. The average Bonchev–Trinajstić information content (AvgIpc) is 3.43. The Kier molecular flexibility index (Phi) is 5.11. The molecule has 0 bridgehead atoms. The van der Waals surface area contributed by atoms with Crippen LogP contribution in [0.2, 0.25) is 0 Å². The van der Waals surface area contributed by atoms with Gasteiger partial charge in [-0.15, -0.1) is 0 Å². The molecule has 2 aromatic rings. The molecule has 3 aliphatic rings. The van der Waals surface area contributed by atoms with Crippen molar-refractivity contribution in [3.05, 3.63) is 41.0 Å². The van der Waals surface area contributed by atoms with Crippen molar-refractivity contribution in [3.63, 3.8) is 0 Å². The van der Waals surface area contributed by atoms with Crippen molar-refractivity contribution < 1.29 is 43.4 Å². The molecule has 2 heterocycles. The van der Waals surface area contributed by atoms with Crippen LogP contribution in [0.1, 0.15) is 36.5 Å². The number of hydrogen-bond donors (Lipinski definition) is 2. The Morgan fingerprint density at radius 3 is 2.15 bits per heavy atom. The van der Waals surface area contributed by atoms with Crippen molar-refractivity contribution >= 4 is 5.97 Å². The molecule has 4 atom stereocenters. The lowest BCUT2D eigenvalue weighted by Gasteiger charge is -2.50. The molecule has 0 spiro atoms. The van der Waals surface area contributed by atoms with Gasteiger partial charge in [0.15, 0.2) is 23.0 Å². The van der Waals surface area contributed by atoms with Gasteiger partial charge in [-0.3, -0.25) is 4.79 Å².